The molecule has 0 aromatic heterocycles. The Balaban J connectivity index is 1.57. The molecule has 0 spiro atoms. The van der Waals surface area contributed by atoms with Crippen molar-refractivity contribution < 1.29 is 18.3 Å². The van der Waals surface area contributed by atoms with Crippen molar-refractivity contribution in [1.29, 1.82) is 0 Å². The van der Waals surface area contributed by atoms with Crippen LogP contribution in [0.15, 0.2) is 48.5 Å². The van der Waals surface area contributed by atoms with Gasteiger partial charge in [-0.1, -0.05) is 18.2 Å². The molecule has 1 amide bonds. The Morgan fingerprint density at radius 2 is 1.96 bits per heavy atom. The molecule has 6 heteroatoms. The number of thioether (sulfide) groups is 1. The van der Waals surface area contributed by atoms with E-state index in [9.17, 15) is 13.6 Å². The van der Waals surface area contributed by atoms with Gasteiger partial charge in [0.2, 0.25) is 0 Å². The Kier molecular flexibility index (Phi) is 5.91. The molecule has 1 aliphatic heterocycles. The Morgan fingerprint density at radius 3 is 2.76 bits per heavy atom. The van der Waals surface area contributed by atoms with Gasteiger partial charge in [0.15, 0.2) is 6.61 Å². The lowest BCUT2D eigenvalue weighted by atomic mass is 10.1. The second-order valence-electron chi connectivity index (χ2n) is 5.80. The van der Waals surface area contributed by atoms with Crippen molar-refractivity contribution in [3.63, 3.8) is 0 Å². The highest BCUT2D eigenvalue weighted by atomic mass is 32.2. The second kappa shape index (κ2) is 8.34. The lowest BCUT2D eigenvalue weighted by Crippen LogP contribution is -2.36. The first-order valence-electron chi connectivity index (χ1n) is 8.15. The molecule has 0 N–H and O–H groups in total. The fourth-order valence-electron chi connectivity index (χ4n) is 2.78. The molecular weight excluding hydrogens is 344 g/mol. The normalized spacial score (nSPS) is 17.8. The third kappa shape index (κ3) is 4.72. The molecule has 0 aliphatic carbocycles. The molecule has 1 fully saturated rings. The highest BCUT2D eigenvalue weighted by Gasteiger charge is 2.24. The van der Waals surface area contributed by atoms with E-state index >= 15 is 0 Å². The highest BCUT2D eigenvalue weighted by molar-refractivity contribution is 7.99. The summed E-state index contributed by atoms with van der Waals surface area (Å²) < 4.78 is 32.9. The monoisotopic (exact) mass is 363 g/mol. The van der Waals surface area contributed by atoms with Crippen molar-refractivity contribution in [2.75, 3.05) is 25.4 Å². The number of hydrogen-bond donors (Lipinski definition) is 0. The van der Waals surface area contributed by atoms with Gasteiger partial charge < -0.3 is 9.64 Å². The molecular formula is C19H19F2NO2S. The zero-order valence-electron chi connectivity index (χ0n) is 13.7. The lowest BCUT2D eigenvalue weighted by molar-refractivity contribution is -0.133. The summed E-state index contributed by atoms with van der Waals surface area (Å²) in [7, 11) is 0. The van der Waals surface area contributed by atoms with Gasteiger partial charge in [0.05, 0.1) is 0 Å². The van der Waals surface area contributed by atoms with Crippen LogP contribution in [-0.4, -0.2) is 36.3 Å². The number of amides is 1. The SMILES string of the molecule is O=C(COc1ccccc1)N1CCSC(c2cc(F)ccc2F)CC1. The largest absolute Gasteiger partial charge is 0.484 e. The van der Waals surface area contributed by atoms with Crippen LogP contribution in [-0.2, 0) is 4.79 Å². The summed E-state index contributed by atoms with van der Waals surface area (Å²) in [6.07, 6.45) is 0.585. The Morgan fingerprint density at radius 1 is 1.16 bits per heavy atom. The average Bonchev–Trinajstić information content (AvgIpc) is 2.89. The standard InChI is InChI=1S/C19H19F2NO2S/c20-14-6-7-17(21)16(12-14)18-8-9-22(10-11-25-18)19(23)13-24-15-4-2-1-3-5-15/h1-7,12,18H,8-11,13H2. The van der Waals surface area contributed by atoms with Gasteiger partial charge in [-0.2, -0.15) is 11.8 Å². The number of benzene rings is 2. The Hall–Kier alpha value is -2.08. The van der Waals surface area contributed by atoms with Crippen LogP contribution in [0.4, 0.5) is 8.78 Å². The van der Waals surface area contributed by atoms with Gasteiger partial charge >= 0.3 is 0 Å². The van der Waals surface area contributed by atoms with E-state index in [4.69, 9.17) is 4.74 Å². The molecule has 1 atom stereocenters. The van der Waals surface area contributed by atoms with Gasteiger partial charge in [-0.05, 0) is 36.8 Å². The first kappa shape index (κ1) is 17.7. The predicted octanol–water partition coefficient (Wildman–Crippen LogP) is 4.05. The van der Waals surface area contributed by atoms with E-state index in [0.29, 0.717) is 36.6 Å². The number of nitrogens with zero attached hydrogens (tertiary/aromatic N) is 1. The topological polar surface area (TPSA) is 29.5 Å². The number of carbonyl (C=O) groups excluding carboxylic acids is 1. The van der Waals surface area contributed by atoms with Crippen LogP contribution in [0.2, 0.25) is 0 Å². The van der Waals surface area contributed by atoms with Crippen molar-refractivity contribution in [3.8, 4) is 5.75 Å². The number of rotatable bonds is 4. The van der Waals surface area contributed by atoms with E-state index in [1.54, 1.807) is 28.8 Å². The minimum absolute atomic E-state index is 0.0202. The van der Waals surface area contributed by atoms with Crippen molar-refractivity contribution in [2.24, 2.45) is 0 Å². The van der Waals surface area contributed by atoms with Crippen LogP contribution in [0.25, 0.3) is 0 Å². The number of ether oxygens (including phenoxy) is 1. The van der Waals surface area contributed by atoms with Crippen LogP contribution in [0.5, 0.6) is 5.75 Å². The van der Waals surface area contributed by atoms with E-state index in [-0.39, 0.29) is 17.8 Å². The van der Waals surface area contributed by atoms with Crippen LogP contribution in [0.1, 0.15) is 17.2 Å². The number of carbonyl (C=O) groups is 1. The van der Waals surface area contributed by atoms with Gasteiger partial charge in [0.1, 0.15) is 17.4 Å². The average molecular weight is 363 g/mol. The maximum Gasteiger partial charge on any atom is 0.260 e. The molecule has 1 unspecified atom stereocenters. The van der Waals surface area contributed by atoms with Gasteiger partial charge in [-0.3, -0.25) is 4.79 Å². The van der Waals surface area contributed by atoms with Crippen LogP contribution in [0.3, 0.4) is 0 Å². The molecule has 1 heterocycles. The third-order valence-corrected chi connectivity index (χ3v) is 5.41. The molecule has 2 aromatic rings. The van der Waals surface area contributed by atoms with E-state index in [0.717, 1.165) is 12.1 Å². The number of halogens is 2. The summed E-state index contributed by atoms with van der Waals surface area (Å²) in [6.45, 7) is 1.06. The summed E-state index contributed by atoms with van der Waals surface area (Å²) in [5, 5.41) is -0.149. The fourth-order valence-corrected chi connectivity index (χ4v) is 4.03. The van der Waals surface area contributed by atoms with Crippen molar-refractivity contribution >= 4 is 17.7 Å². The zero-order chi connectivity index (χ0) is 17.6. The van der Waals surface area contributed by atoms with Crippen molar-refractivity contribution in [2.45, 2.75) is 11.7 Å². The molecule has 0 saturated carbocycles. The Bertz CT molecular complexity index is 727. The molecule has 25 heavy (non-hydrogen) atoms. The third-order valence-electron chi connectivity index (χ3n) is 4.10. The molecule has 2 aromatic carbocycles. The summed E-state index contributed by atoms with van der Waals surface area (Å²) in [4.78, 5) is 14.1. The predicted molar refractivity (Wildman–Crippen MR) is 94.7 cm³/mol. The molecule has 0 radical (unpaired) electrons. The van der Waals surface area contributed by atoms with Gasteiger partial charge in [0, 0.05) is 29.7 Å². The number of hydrogen-bond acceptors (Lipinski definition) is 3. The quantitative estimate of drug-likeness (QED) is 0.821. The highest BCUT2D eigenvalue weighted by Crippen LogP contribution is 2.36. The minimum Gasteiger partial charge on any atom is -0.484 e. The van der Waals surface area contributed by atoms with E-state index in [2.05, 4.69) is 0 Å². The van der Waals surface area contributed by atoms with E-state index in [1.807, 2.05) is 18.2 Å². The molecule has 0 bridgehead atoms. The summed E-state index contributed by atoms with van der Waals surface area (Å²) in [5.74, 6) is 0.402. The molecule has 1 aliphatic rings. The smallest absolute Gasteiger partial charge is 0.260 e. The summed E-state index contributed by atoms with van der Waals surface area (Å²) >= 11 is 1.55. The molecule has 3 rings (SSSR count). The van der Waals surface area contributed by atoms with Crippen LogP contribution in [0, 0.1) is 11.6 Å². The van der Waals surface area contributed by atoms with Crippen LogP contribution >= 0.6 is 11.8 Å². The van der Waals surface area contributed by atoms with Crippen LogP contribution < -0.4 is 4.74 Å². The lowest BCUT2D eigenvalue weighted by Gasteiger charge is -2.20. The maximum atomic E-state index is 14.0. The van der Waals surface area contributed by atoms with Gasteiger partial charge in [-0.25, -0.2) is 8.78 Å². The first-order valence-corrected chi connectivity index (χ1v) is 9.20. The summed E-state index contributed by atoms with van der Waals surface area (Å²) in [5.41, 5.74) is 0.375. The van der Waals surface area contributed by atoms with Gasteiger partial charge in [0.25, 0.3) is 5.91 Å². The van der Waals surface area contributed by atoms with E-state index in [1.165, 1.54) is 6.07 Å². The Labute approximate surface area is 150 Å². The minimum atomic E-state index is -0.439. The molecule has 3 nitrogen and oxygen atoms in total. The van der Waals surface area contributed by atoms with Crippen molar-refractivity contribution in [3.05, 3.63) is 65.7 Å². The zero-order valence-corrected chi connectivity index (χ0v) is 14.5. The van der Waals surface area contributed by atoms with Crippen molar-refractivity contribution in [1.82, 2.24) is 4.90 Å². The molecule has 1 saturated heterocycles. The van der Waals surface area contributed by atoms with E-state index < -0.39 is 11.6 Å². The second-order valence-corrected chi connectivity index (χ2v) is 7.11. The number of para-hydroxylation sites is 1. The first-order chi connectivity index (χ1) is 12.1. The molecule has 132 valence electrons. The summed E-state index contributed by atoms with van der Waals surface area (Å²) in [6, 6.07) is 12.7. The van der Waals surface area contributed by atoms with Gasteiger partial charge in [-0.15, -0.1) is 0 Å². The maximum absolute atomic E-state index is 14.0. The fraction of sp³-hybridized carbons (Fsp3) is 0.316.